The Morgan fingerprint density at radius 2 is 2.28 bits per heavy atom. The largest absolute Gasteiger partial charge is 0.444 e. The predicted octanol–water partition coefficient (Wildman–Crippen LogP) is 1.89. The summed E-state index contributed by atoms with van der Waals surface area (Å²) >= 11 is 0. The van der Waals surface area contributed by atoms with Crippen LogP contribution >= 0.6 is 0 Å². The van der Waals surface area contributed by atoms with Gasteiger partial charge in [0.05, 0.1) is 6.07 Å². The molecule has 102 valence electrons. The maximum absolute atomic E-state index is 11.6. The summed E-state index contributed by atoms with van der Waals surface area (Å²) in [5.41, 5.74) is -0.459. The minimum atomic E-state index is -0.459. The number of likely N-dealkylation sites (tertiary alicyclic amines) is 1. The third-order valence-corrected chi connectivity index (χ3v) is 2.77. The summed E-state index contributed by atoms with van der Waals surface area (Å²) in [6.45, 7) is 8.16. The Bertz CT molecular complexity index is 317. The normalized spacial score (nSPS) is 21.1. The molecular weight excluding hydrogens is 230 g/mol. The van der Waals surface area contributed by atoms with Gasteiger partial charge in [-0.05, 0) is 40.2 Å². The molecule has 1 rings (SSSR count). The molecule has 1 fully saturated rings. The number of rotatable bonds is 3. The fourth-order valence-corrected chi connectivity index (χ4v) is 2.06. The highest BCUT2D eigenvalue weighted by molar-refractivity contribution is 5.68. The van der Waals surface area contributed by atoms with Gasteiger partial charge >= 0.3 is 6.09 Å². The van der Waals surface area contributed by atoms with Crippen LogP contribution in [-0.2, 0) is 4.74 Å². The fourth-order valence-electron chi connectivity index (χ4n) is 2.06. The SMILES string of the molecule is CC(C)(C)OC(=O)NC1CCCN(CCC#N)C1. The van der Waals surface area contributed by atoms with Gasteiger partial charge in [-0.25, -0.2) is 4.79 Å². The Kier molecular flexibility index (Phi) is 5.42. The first-order valence-electron chi connectivity index (χ1n) is 6.49. The number of alkyl carbamates (subject to hydrolysis) is 1. The van der Waals surface area contributed by atoms with Crippen LogP contribution in [-0.4, -0.2) is 42.3 Å². The van der Waals surface area contributed by atoms with Gasteiger partial charge in [-0.3, -0.25) is 0 Å². The summed E-state index contributed by atoms with van der Waals surface area (Å²) in [5, 5.41) is 11.5. The molecule has 5 heteroatoms. The number of piperidine rings is 1. The van der Waals surface area contributed by atoms with Gasteiger partial charge in [-0.2, -0.15) is 5.26 Å². The molecule has 0 aliphatic carbocycles. The van der Waals surface area contributed by atoms with Crippen molar-refractivity contribution in [3.63, 3.8) is 0 Å². The summed E-state index contributed by atoms with van der Waals surface area (Å²) in [4.78, 5) is 13.9. The van der Waals surface area contributed by atoms with Crippen molar-refractivity contribution in [2.24, 2.45) is 0 Å². The lowest BCUT2D eigenvalue weighted by molar-refractivity contribution is 0.0473. The molecule has 1 aliphatic heterocycles. The van der Waals surface area contributed by atoms with Crippen molar-refractivity contribution in [1.29, 1.82) is 5.26 Å². The molecule has 0 aromatic heterocycles. The van der Waals surface area contributed by atoms with E-state index in [2.05, 4.69) is 16.3 Å². The van der Waals surface area contributed by atoms with E-state index in [0.717, 1.165) is 32.5 Å². The summed E-state index contributed by atoms with van der Waals surface area (Å²) in [6.07, 6.45) is 2.21. The Balaban J connectivity index is 2.34. The topological polar surface area (TPSA) is 65.4 Å². The van der Waals surface area contributed by atoms with Gasteiger partial charge in [0.25, 0.3) is 0 Å². The zero-order valence-corrected chi connectivity index (χ0v) is 11.5. The van der Waals surface area contributed by atoms with Crippen LogP contribution in [0.4, 0.5) is 4.79 Å². The van der Waals surface area contributed by atoms with E-state index < -0.39 is 5.60 Å². The molecule has 1 unspecified atom stereocenters. The van der Waals surface area contributed by atoms with Crippen molar-refractivity contribution >= 4 is 6.09 Å². The van der Waals surface area contributed by atoms with E-state index in [1.165, 1.54) is 0 Å². The third kappa shape index (κ3) is 5.87. The first kappa shape index (κ1) is 14.8. The summed E-state index contributed by atoms with van der Waals surface area (Å²) in [5.74, 6) is 0. The molecule has 0 saturated carbocycles. The van der Waals surface area contributed by atoms with Gasteiger partial charge in [0.15, 0.2) is 0 Å². The zero-order chi connectivity index (χ0) is 13.6. The van der Waals surface area contributed by atoms with E-state index >= 15 is 0 Å². The second-order valence-corrected chi connectivity index (χ2v) is 5.69. The first-order chi connectivity index (χ1) is 8.40. The molecule has 1 heterocycles. The molecule has 1 aliphatic rings. The molecule has 1 atom stereocenters. The van der Waals surface area contributed by atoms with Crippen molar-refractivity contribution in [1.82, 2.24) is 10.2 Å². The van der Waals surface area contributed by atoms with Crippen molar-refractivity contribution in [3.8, 4) is 6.07 Å². The lowest BCUT2D eigenvalue weighted by Crippen LogP contribution is -2.49. The highest BCUT2D eigenvalue weighted by atomic mass is 16.6. The van der Waals surface area contributed by atoms with Gasteiger partial charge in [-0.1, -0.05) is 0 Å². The Morgan fingerprint density at radius 1 is 1.56 bits per heavy atom. The number of hydrogen-bond acceptors (Lipinski definition) is 4. The molecule has 1 N–H and O–H groups in total. The van der Waals surface area contributed by atoms with Crippen molar-refractivity contribution in [3.05, 3.63) is 0 Å². The number of hydrogen-bond donors (Lipinski definition) is 1. The van der Waals surface area contributed by atoms with Crippen molar-refractivity contribution in [2.45, 2.75) is 51.7 Å². The number of nitriles is 1. The van der Waals surface area contributed by atoms with E-state index in [1.807, 2.05) is 20.8 Å². The van der Waals surface area contributed by atoms with Gasteiger partial charge in [0, 0.05) is 25.6 Å². The second kappa shape index (κ2) is 6.60. The Morgan fingerprint density at radius 3 is 2.89 bits per heavy atom. The van der Waals surface area contributed by atoms with Gasteiger partial charge < -0.3 is 15.0 Å². The van der Waals surface area contributed by atoms with Gasteiger partial charge in [-0.15, -0.1) is 0 Å². The monoisotopic (exact) mass is 253 g/mol. The third-order valence-electron chi connectivity index (χ3n) is 2.77. The maximum atomic E-state index is 11.6. The molecule has 1 saturated heterocycles. The van der Waals surface area contributed by atoms with E-state index in [4.69, 9.17) is 10.00 Å². The molecule has 18 heavy (non-hydrogen) atoms. The smallest absolute Gasteiger partial charge is 0.407 e. The highest BCUT2D eigenvalue weighted by Gasteiger charge is 2.23. The molecule has 1 amide bonds. The minimum Gasteiger partial charge on any atom is -0.444 e. The molecule has 0 spiro atoms. The number of carbonyl (C=O) groups is 1. The summed E-state index contributed by atoms with van der Waals surface area (Å²) < 4.78 is 5.24. The average molecular weight is 253 g/mol. The van der Waals surface area contributed by atoms with Crippen LogP contribution in [0.3, 0.4) is 0 Å². The van der Waals surface area contributed by atoms with E-state index in [-0.39, 0.29) is 12.1 Å². The molecule has 0 aromatic rings. The number of amides is 1. The molecule has 0 aromatic carbocycles. The van der Waals surface area contributed by atoms with Crippen molar-refractivity contribution < 1.29 is 9.53 Å². The number of nitrogens with zero attached hydrogens (tertiary/aromatic N) is 2. The molecule has 0 bridgehead atoms. The fraction of sp³-hybridized carbons (Fsp3) is 0.846. The lowest BCUT2D eigenvalue weighted by atomic mass is 10.1. The van der Waals surface area contributed by atoms with Crippen LogP contribution in [0.2, 0.25) is 0 Å². The minimum absolute atomic E-state index is 0.132. The highest BCUT2D eigenvalue weighted by Crippen LogP contribution is 2.12. The van der Waals surface area contributed by atoms with Crippen LogP contribution < -0.4 is 5.32 Å². The first-order valence-corrected chi connectivity index (χ1v) is 6.49. The van der Waals surface area contributed by atoms with Gasteiger partial charge in [0.1, 0.15) is 5.60 Å². The van der Waals surface area contributed by atoms with Crippen LogP contribution in [0.25, 0.3) is 0 Å². The maximum Gasteiger partial charge on any atom is 0.407 e. The van der Waals surface area contributed by atoms with E-state index in [1.54, 1.807) is 0 Å². The predicted molar refractivity (Wildman–Crippen MR) is 69.1 cm³/mol. The van der Waals surface area contributed by atoms with Crippen LogP contribution in [0.15, 0.2) is 0 Å². The number of carbonyl (C=O) groups excluding carboxylic acids is 1. The Hall–Kier alpha value is -1.28. The molecule has 0 radical (unpaired) electrons. The van der Waals surface area contributed by atoms with E-state index in [9.17, 15) is 4.79 Å². The van der Waals surface area contributed by atoms with Crippen LogP contribution in [0.5, 0.6) is 0 Å². The van der Waals surface area contributed by atoms with Crippen LogP contribution in [0.1, 0.15) is 40.0 Å². The quantitative estimate of drug-likeness (QED) is 0.834. The van der Waals surface area contributed by atoms with E-state index in [0.29, 0.717) is 6.42 Å². The summed E-state index contributed by atoms with van der Waals surface area (Å²) in [6, 6.07) is 2.28. The van der Waals surface area contributed by atoms with Crippen molar-refractivity contribution in [2.75, 3.05) is 19.6 Å². The second-order valence-electron chi connectivity index (χ2n) is 5.69. The summed E-state index contributed by atoms with van der Waals surface area (Å²) in [7, 11) is 0. The standard InChI is InChI=1S/C13H23N3O2/c1-13(2,3)18-12(17)15-11-6-4-8-16(10-11)9-5-7-14/h11H,4-6,8-10H2,1-3H3,(H,15,17). The molecule has 5 nitrogen and oxygen atoms in total. The lowest BCUT2D eigenvalue weighted by Gasteiger charge is -2.33. The van der Waals surface area contributed by atoms with Gasteiger partial charge in [0.2, 0.25) is 0 Å². The molecular formula is C13H23N3O2. The zero-order valence-electron chi connectivity index (χ0n) is 11.5. The van der Waals surface area contributed by atoms with Crippen LogP contribution in [0, 0.1) is 11.3 Å². The number of ether oxygens (including phenoxy) is 1. The average Bonchev–Trinajstić information content (AvgIpc) is 2.24. The number of nitrogens with one attached hydrogen (secondary N) is 1. The Labute approximate surface area is 109 Å².